The molecular formula is C12H16F3NO4S. The van der Waals surface area contributed by atoms with Gasteiger partial charge in [0.05, 0.1) is 23.7 Å². The Morgan fingerprint density at radius 1 is 1.14 bits per heavy atom. The van der Waals surface area contributed by atoms with Crippen LogP contribution in [-0.4, -0.2) is 39.9 Å². The first-order valence-electron chi connectivity index (χ1n) is 6.13. The van der Waals surface area contributed by atoms with Gasteiger partial charge in [-0.3, -0.25) is 0 Å². The summed E-state index contributed by atoms with van der Waals surface area (Å²) in [6.07, 6.45) is -4.11. The molecule has 1 rings (SSSR count). The van der Waals surface area contributed by atoms with E-state index in [1.807, 2.05) is 0 Å². The van der Waals surface area contributed by atoms with Crippen molar-refractivity contribution in [3.63, 3.8) is 0 Å². The molecular weight excluding hydrogens is 311 g/mol. The minimum atomic E-state index is -4.50. The second-order valence-corrected chi connectivity index (χ2v) is 5.88. The van der Waals surface area contributed by atoms with Crippen molar-refractivity contribution in [2.45, 2.75) is 17.5 Å². The first-order valence-corrected chi connectivity index (χ1v) is 7.61. The largest absolute Gasteiger partial charge is 0.416 e. The predicted octanol–water partition coefficient (Wildman–Crippen LogP) is 1.38. The van der Waals surface area contributed by atoms with Crippen molar-refractivity contribution in [2.75, 3.05) is 26.4 Å². The third-order valence-electron chi connectivity index (χ3n) is 2.49. The fraction of sp³-hybridized carbons (Fsp3) is 0.500. The van der Waals surface area contributed by atoms with Crippen LogP contribution in [0.4, 0.5) is 13.2 Å². The minimum absolute atomic E-state index is 0.0920. The van der Waals surface area contributed by atoms with Gasteiger partial charge in [-0.15, -0.1) is 0 Å². The molecule has 0 aliphatic carbocycles. The lowest BCUT2D eigenvalue weighted by molar-refractivity contribution is -0.137. The van der Waals surface area contributed by atoms with E-state index in [1.165, 1.54) is 0 Å². The smallest absolute Gasteiger partial charge is 0.394 e. The van der Waals surface area contributed by atoms with Crippen LogP contribution in [0.25, 0.3) is 0 Å². The van der Waals surface area contributed by atoms with Crippen LogP contribution in [0.5, 0.6) is 0 Å². The highest BCUT2D eigenvalue weighted by molar-refractivity contribution is 7.89. The number of rotatable bonds is 8. The molecule has 0 saturated heterocycles. The summed E-state index contributed by atoms with van der Waals surface area (Å²) in [5.74, 6) is 0. The van der Waals surface area contributed by atoms with Gasteiger partial charge in [0.15, 0.2) is 0 Å². The fourth-order valence-corrected chi connectivity index (χ4v) is 2.53. The zero-order chi connectivity index (χ0) is 15.9. The summed E-state index contributed by atoms with van der Waals surface area (Å²) < 4.78 is 67.9. The van der Waals surface area contributed by atoms with E-state index >= 15 is 0 Å². The Morgan fingerprint density at radius 2 is 1.76 bits per heavy atom. The van der Waals surface area contributed by atoms with Crippen LogP contribution in [0.1, 0.15) is 12.0 Å². The molecule has 9 heteroatoms. The molecule has 0 atom stereocenters. The molecule has 0 fully saturated rings. The molecule has 0 aromatic heterocycles. The Kier molecular flexibility index (Phi) is 6.59. The number of ether oxygens (including phenoxy) is 1. The average Bonchev–Trinajstić information content (AvgIpc) is 2.42. The summed E-state index contributed by atoms with van der Waals surface area (Å²) in [5.41, 5.74) is -0.904. The van der Waals surface area contributed by atoms with Gasteiger partial charge in [-0.25, -0.2) is 13.1 Å². The summed E-state index contributed by atoms with van der Waals surface area (Å²) in [6, 6.07) is 3.26. The van der Waals surface area contributed by atoms with E-state index in [-0.39, 0.29) is 31.3 Å². The monoisotopic (exact) mass is 327 g/mol. The maximum Gasteiger partial charge on any atom is 0.416 e. The van der Waals surface area contributed by atoms with E-state index in [1.54, 1.807) is 0 Å². The van der Waals surface area contributed by atoms with Crippen molar-refractivity contribution in [2.24, 2.45) is 0 Å². The predicted molar refractivity (Wildman–Crippen MR) is 69.2 cm³/mol. The number of alkyl halides is 3. The van der Waals surface area contributed by atoms with Gasteiger partial charge in [0.1, 0.15) is 0 Å². The Hall–Kier alpha value is -1.16. The summed E-state index contributed by atoms with van der Waals surface area (Å²) in [6.45, 7) is 0.424. The van der Waals surface area contributed by atoms with Crippen molar-refractivity contribution in [3.8, 4) is 0 Å². The van der Waals surface area contributed by atoms with Gasteiger partial charge in [0.2, 0.25) is 10.0 Å². The number of halogens is 3. The zero-order valence-corrected chi connectivity index (χ0v) is 11.9. The van der Waals surface area contributed by atoms with Gasteiger partial charge < -0.3 is 9.84 Å². The average molecular weight is 327 g/mol. The maximum atomic E-state index is 12.4. The molecule has 0 aliphatic rings. The van der Waals surface area contributed by atoms with Gasteiger partial charge in [0.25, 0.3) is 0 Å². The molecule has 1 aromatic rings. The summed E-state index contributed by atoms with van der Waals surface area (Å²) >= 11 is 0. The van der Waals surface area contributed by atoms with E-state index in [0.29, 0.717) is 6.42 Å². The maximum absolute atomic E-state index is 12.4. The molecule has 0 saturated carbocycles. The van der Waals surface area contributed by atoms with E-state index < -0.39 is 21.8 Å². The van der Waals surface area contributed by atoms with E-state index in [4.69, 9.17) is 9.84 Å². The number of aliphatic hydroxyl groups is 1. The lowest BCUT2D eigenvalue weighted by Crippen LogP contribution is -2.25. The molecule has 2 N–H and O–H groups in total. The molecule has 1 aromatic carbocycles. The van der Waals surface area contributed by atoms with Crippen molar-refractivity contribution in [1.82, 2.24) is 4.72 Å². The molecule has 0 bridgehead atoms. The molecule has 0 radical (unpaired) electrons. The lowest BCUT2D eigenvalue weighted by atomic mass is 10.2. The molecule has 0 amide bonds. The van der Waals surface area contributed by atoms with Crippen LogP contribution >= 0.6 is 0 Å². The van der Waals surface area contributed by atoms with Crippen LogP contribution in [0.3, 0.4) is 0 Å². The molecule has 5 nitrogen and oxygen atoms in total. The first-order chi connectivity index (χ1) is 9.77. The second kappa shape index (κ2) is 7.74. The van der Waals surface area contributed by atoms with Crippen molar-refractivity contribution >= 4 is 10.0 Å². The normalized spacial score (nSPS) is 12.6. The molecule has 0 spiro atoms. The Labute approximate surface area is 120 Å². The molecule has 21 heavy (non-hydrogen) atoms. The highest BCUT2D eigenvalue weighted by Gasteiger charge is 2.30. The topological polar surface area (TPSA) is 75.6 Å². The number of sulfonamides is 1. The third-order valence-corrected chi connectivity index (χ3v) is 3.96. The number of hydrogen-bond donors (Lipinski definition) is 2. The minimum Gasteiger partial charge on any atom is -0.394 e. The van der Waals surface area contributed by atoms with Crippen LogP contribution in [-0.2, 0) is 20.9 Å². The van der Waals surface area contributed by atoms with Crippen molar-refractivity contribution < 1.29 is 31.4 Å². The van der Waals surface area contributed by atoms with Gasteiger partial charge in [0, 0.05) is 13.2 Å². The number of hydrogen-bond acceptors (Lipinski definition) is 4. The summed E-state index contributed by atoms with van der Waals surface area (Å²) in [7, 11) is -3.84. The van der Waals surface area contributed by atoms with Gasteiger partial charge in [-0.2, -0.15) is 13.2 Å². The SMILES string of the molecule is O=S(=O)(NCCCOCCO)c1ccc(C(F)(F)F)cc1. The second-order valence-electron chi connectivity index (χ2n) is 4.11. The van der Waals surface area contributed by atoms with Crippen LogP contribution in [0, 0.1) is 0 Å². The fourth-order valence-electron chi connectivity index (χ4n) is 1.45. The lowest BCUT2D eigenvalue weighted by Gasteiger charge is -2.09. The van der Waals surface area contributed by atoms with E-state index in [2.05, 4.69) is 4.72 Å². The summed E-state index contributed by atoms with van der Waals surface area (Å²) in [4.78, 5) is -0.230. The highest BCUT2D eigenvalue weighted by Crippen LogP contribution is 2.29. The Balaban J connectivity index is 2.54. The molecule has 0 aliphatic heterocycles. The van der Waals surface area contributed by atoms with Crippen LogP contribution < -0.4 is 4.72 Å². The quantitative estimate of drug-likeness (QED) is 0.708. The van der Waals surface area contributed by atoms with Gasteiger partial charge in [-0.05, 0) is 30.7 Å². The zero-order valence-electron chi connectivity index (χ0n) is 11.1. The Morgan fingerprint density at radius 3 is 2.29 bits per heavy atom. The number of benzene rings is 1. The highest BCUT2D eigenvalue weighted by atomic mass is 32.2. The molecule has 0 unspecified atom stereocenters. The van der Waals surface area contributed by atoms with Gasteiger partial charge >= 0.3 is 6.18 Å². The summed E-state index contributed by atoms with van der Waals surface area (Å²) in [5, 5.41) is 8.46. The number of nitrogens with one attached hydrogen (secondary N) is 1. The third kappa shape index (κ3) is 6.00. The van der Waals surface area contributed by atoms with Crippen LogP contribution in [0.2, 0.25) is 0 Å². The van der Waals surface area contributed by atoms with Crippen molar-refractivity contribution in [1.29, 1.82) is 0 Å². The standard InChI is InChI=1S/C12H16F3NO4S/c13-12(14,15)10-2-4-11(5-3-10)21(18,19)16-6-1-8-20-9-7-17/h2-5,16-17H,1,6-9H2. The first kappa shape index (κ1) is 17.9. The molecule has 0 heterocycles. The molecule has 120 valence electrons. The number of aliphatic hydroxyl groups excluding tert-OH is 1. The van der Waals surface area contributed by atoms with Gasteiger partial charge in [-0.1, -0.05) is 0 Å². The van der Waals surface area contributed by atoms with E-state index in [9.17, 15) is 21.6 Å². The van der Waals surface area contributed by atoms with Crippen molar-refractivity contribution in [3.05, 3.63) is 29.8 Å². The van der Waals surface area contributed by atoms with E-state index in [0.717, 1.165) is 24.3 Å². The Bertz CT molecular complexity index is 528. The van der Waals surface area contributed by atoms with Crippen LogP contribution in [0.15, 0.2) is 29.2 Å².